The number of rotatable bonds is 0. The first-order valence-corrected chi connectivity index (χ1v) is 4.74. The average Bonchev–Trinajstić information content (AvgIpc) is 2.34. The van der Waals surface area contributed by atoms with Crippen molar-refractivity contribution in [2.45, 2.75) is 0 Å². The predicted octanol–water partition coefficient (Wildman–Crippen LogP) is -2.06. The topological polar surface area (TPSA) is 54.5 Å². The van der Waals surface area contributed by atoms with Crippen molar-refractivity contribution < 1.29 is 0 Å². The molecule has 4 radical (unpaired) electrons. The average molecular weight is 268 g/mol. The molecule has 0 saturated heterocycles. The van der Waals surface area contributed by atoms with Crippen LogP contribution in [0, 0.1) is 0 Å². The van der Waals surface area contributed by atoms with Gasteiger partial charge in [0.15, 0.2) is 0 Å². The van der Waals surface area contributed by atoms with Crippen LogP contribution in [0.2, 0.25) is 0 Å². The molecule has 0 spiro atoms. The van der Waals surface area contributed by atoms with Gasteiger partial charge in [-0.2, -0.15) is 0 Å². The number of fused-ring (bicyclic) bond motifs is 1. The summed E-state index contributed by atoms with van der Waals surface area (Å²) in [5.41, 5.74) is 1.60. The first-order valence-electron chi connectivity index (χ1n) is 2.86. The van der Waals surface area contributed by atoms with Crippen LogP contribution in [0.4, 0.5) is 0 Å². The zero-order valence-electron chi connectivity index (χ0n) is 5.31. The van der Waals surface area contributed by atoms with Crippen molar-refractivity contribution in [3.8, 4) is 0 Å². The Morgan fingerprint density at radius 3 is 2.91 bits per heavy atom. The Kier molecular flexibility index (Phi) is 1.74. The molecule has 0 fully saturated rings. The van der Waals surface area contributed by atoms with Crippen molar-refractivity contribution in [2.75, 3.05) is 0 Å². The van der Waals surface area contributed by atoms with E-state index in [0.29, 0.717) is 10.3 Å². The van der Waals surface area contributed by atoms with E-state index in [1.165, 1.54) is 0 Å². The van der Waals surface area contributed by atoms with Gasteiger partial charge in [-0.15, -0.1) is 0 Å². The van der Waals surface area contributed by atoms with Gasteiger partial charge in [-0.25, -0.2) is 0 Å². The first-order chi connectivity index (χ1) is 5.27. The molecular formula is C5H2As2N4. The van der Waals surface area contributed by atoms with Crippen LogP contribution in [-0.2, 0) is 0 Å². The number of hydrogen-bond acceptors (Lipinski definition) is 3. The number of aromatic amines is 1. The Bertz CT molecular complexity index is 396. The first kappa shape index (κ1) is 7.32. The molecule has 0 aliphatic heterocycles. The summed E-state index contributed by atoms with van der Waals surface area (Å²) in [4.78, 5) is 15.2. The number of aromatic nitrogens is 4. The molecular weight excluding hydrogens is 266 g/mol. The van der Waals surface area contributed by atoms with E-state index in [0.717, 1.165) is 10.00 Å². The van der Waals surface area contributed by atoms with Crippen LogP contribution in [0.15, 0.2) is 6.33 Å². The van der Waals surface area contributed by atoms with Crippen molar-refractivity contribution in [2.24, 2.45) is 0 Å². The van der Waals surface area contributed by atoms with E-state index >= 15 is 0 Å². The molecule has 0 amide bonds. The molecule has 2 aromatic rings. The molecule has 2 rings (SSSR count). The summed E-state index contributed by atoms with van der Waals surface area (Å²) in [7, 11) is 0. The van der Waals surface area contributed by atoms with E-state index in [2.05, 4.69) is 53.6 Å². The van der Waals surface area contributed by atoms with Gasteiger partial charge >= 0.3 is 80.2 Å². The van der Waals surface area contributed by atoms with Gasteiger partial charge in [0.2, 0.25) is 0 Å². The van der Waals surface area contributed by atoms with Crippen molar-refractivity contribution in [3.63, 3.8) is 0 Å². The fourth-order valence-corrected chi connectivity index (χ4v) is 2.13. The van der Waals surface area contributed by atoms with Gasteiger partial charge in [0, 0.05) is 0 Å². The second-order valence-electron chi connectivity index (χ2n) is 1.95. The molecule has 0 bridgehead atoms. The SMILES string of the molecule is [As]c1nc([As])c2[nH]cnc2n1. The minimum absolute atomic E-state index is 0.688. The van der Waals surface area contributed by atoms with Crippen LogP contribution in [0.1, 0.15) is 0 Å². The van der Waals surface area contributed by atoms with Crippen LogP contribution in [0.3, 0.4) is 0 Å². The Balaban J connectivity index is 2.91. The second-order valence-corrected chi connectivity index (χ2v) is 3.68. The molecule has 0 atom stereocenters. The molecule has 4 nitrogen and oxygen atoms in total. The Hall–Kier alpha value is -0.333. The van der Waals surface area contributed by atoms with Crippen LogP contribution >= 0.6 is 0 Å². The van der Waals surface area contributed by atoms with Crippen LogP contribution in [0.5, 0.6) is 0 Å². The van der Waals surface area contributed by atoms with Gasteiger partial charge in [0.1, 0.15) is 0 Å². The van der Waals surface area contributed by atoms with Gasteiger partial charge in [0.05, 0.1) is 0 Å². The Morgan fingerprint density at radius 1 is 1.27 bits per heavy atom. The quantitative estimate of drug-likeness (QED) is 0.559. The maximum atomic E-state index is 4.14. The zero-order chi connectivity index (χ0) is 7.84. The number of nitrogens with one attached hydrogen (secondary N) is 1. The van der Waals surface area contributed by atoms with E-state index in [1.54, 1.807) is 6.33 Å². The summed E-state index contributed by atoms with van der Waals surface area (Å²) in [6, 6.07) is 0. The van der Waals surface area contributed by atoms with Crippen molar-refractivity contribution >= 4 is 54.0 Å². The van der Waals surface area contributed by atoms with Gasteiger partial charge in [0.25, 0.3) is 0 Å². The molecule has 1 N–H and O–H groups in total. The zero-order valence-corrected chi connectivity index (χ0v) is 9.07. The summed E-state index contributed by atoms with van der Waals surface area (Å²) in [5, 5.41) is 0. The molecule has 2 heterocycles. The summed E-state index contributed by atoms with van der Waals surface area (Å²) in [6.07, 6.45) is 1.61. The van der Waals surface area contributed by atoms with Gasteiger partial charge in [-0.1, -0.05) is 0 Å². The van der Waals surface area contributed by atoms with Crippen molar-refractivity contribution in [1.82, 2.24) is 19.9 Å². The van der Waals surface area contributed by atoms with Crippen LogP contribution in [0.25, 0.3) is 11.2 Å². The van der Waals surface area contributed by atoms with E-state index < -0.39 is 0 Å². The van der Waals surface area contributed by atoms with E-state index in [4.69, 9.17) is 0 Å². The molecule has 0 aliphatic rings. The summed E-state index contributed by atoms with van der Waals surface area (Å²) in [5.74, 6) is 0. The molecule has 6 heteroatoms. The summed E-state index contributed by atoms with van der Waals surface area (Å²) in [6.45, 7) is 0. The van der Waals surface area contributed by atoms with E-state index in [9.17, 15) is 0 Å². The second kappa shape index (κ2) is 2.61. The standard InChI is InChI=1S/C5H2As2N4/c6-3-2-4(9-1-8-2)11-5(7)10-3/h1H,(H,8,9,10,11). The van der Waals surface area contributed by atoms with E-state index in [-0.39, 0.29) is 0 Å². The monoisotopic (exact) mass is 268 g/mol. The molecule has 2 aromatic heterocycles. The van der Waals surface area contributed by atoms with E-state index in [1.807, 2.05) is 0 Å². The molecule has 0 unspecified atom stereocenters. The molecule has 0 aliphatic carbocycles. The van der Waals surface area contributed by atoms with Crippen molar-refractivity contribution in [1.29, 1.82) is 0 Å². The summed E-state index contributed by atoms with van der Waals surface area (Å²) < 4.78 is 1.56. The van der Waals surface area contributed by atoms with Crippen LogP contribution in [-0.4, -0.2) is 53.6 Å². The fraction of sp³-hybridized carbons (Fsp3) is 0. The van der Waals surface area contributed by atoms with Crippen LogP contribution < -0.4 is 9.09 Å². The molecule has 11 heavy (non-hydrogen) atoms. The maximum absolute atomic E-state index is 4.14. The minimum atomic E-state index is 0.688. The van der Waals surface area contributed by atoms with Gasteiger partial charge in [-0.05, 0) is 0 Å². The number of H-pyrrole nitrogens is 1. The fourth-order valence-electron chi connectivity index (χ4n) is 0.807. The number of nitrogens with zero attached hydrogens (tertiary/aromatic N) is 3. The Morgan fingerprint density at radius 2 is 2.09 bits per heavy atom. The molecule has 0 saturated carbocycles. The van der Waals surface area contributed by atoms with Gasteiger partial charge in [-0.3, -0.25) is 0 Å². The number of imidazole rings is 1. The Labute approximate surface area is 80.2 Å². The third-order valence-corrected chi connectivity index (χ3v) is 2.35. The van der Waals surface area contributed by atoms with Crippen molar-refractivity contribution in [3.05, 3.63) is 6.33 Å². The predicted molar refractivity (Wildman–Crippen MR) is 42.5 cm³/mol. The summed E-state index contributed by atoms with van der Waals surface area (Å²) >= 11 is 4.68. The number of hydrogen-bond donors (Lipinski definition) is 1. The third-order valence-electron chi connectivity index (χ3n) is 1.25. The molecule has 52 valence electrons. The van der Waals surface area contributed by atoms with Gasteiger partial charge < -0.3 is 0 Å². The normalized spacial score (nSPS) is 10.7. The molecule has 0 aromatic carbocycles. The third kappa shape index (κ3) is 1.21.